The molecule has 1 saturated carbocycles. The lowest BCUT2D eigenvalue weighted by Gasteiger charge is -2.39. The lowest BCUT2D eigenvalue weighted by atomic mass is 9.75. The normalized spacial score (nSPS) is 20.4. The molecule has 0 bridgehead atoms. The maximum absolute atomic E-state index is 5.60. The van der Waals surface area contributed by atoms with Gasteiger partial charge in [0.15, 0.2) is 6.29 Å². The van der Waals surface area contributed by atoms with Gasteiger partial charge in [0.05, 0.1) is 0 Å². The summed E-state index contributed by atoms with van der Waals surface area (Å²) < 4.78 is 11.2. The van der Waals surface area contributed by atoms with Gasteiger partial charge in [-0.3, -0.25) is 0 Å². The van der Waals surface area contributed by atoms with E-state index < -0.39 is 0 Å². The first kappa shape index (κ1) is 16.9. The molecule has 0 spiro atoms. The molecule has 1 rings (SSSR count). The first-order valence-corrected chi connectivity index (χ1v) is 7.92. The molecule has 114 valence electrons. The van der Waals surface area contributed by atoms with Crippen LogP contribution in [0.25, 0.3) is 0 Å². The molecule has 0 amide bonds. The highest BCUT2D eigenvalue weighted by Gasteiger charge is 2.28. The Morgan fingerprint density at radius 3 is 2.11 bits per heavy atom. The maximum Gasteiger partial charge on any atom is 0.158 e. The van der Waals surface area contributed by atoms with Crippen molar-refractivity contribution in [3.8, 4) is 0 Å². The van der Waals surface area contributed by atoms with Crippen molar-refractivity contribution in [2.45, 2.75) is 72.1 Å². The summed E-state index contributed by atoms with van der Waals surface area (Å²) in [4.78, 5) is 2.50. The Morgan fingerprint density at radius 1 is 1.11 bits per heavy atom. The van der Waals surface area contributed by atoms with E-state index >= 15 is 0 Å². The van der Waals surface area contributed by atoms with Crippen molar-refractivity contribution in [3.63, 3.8) is 0 Å². The summed E-state index contributed by atoms with van der Waals surface area (Å²) >= 11 is 0. The molecule has 0 aromatic heterocycles. The topological polar surface area (TPSA) is 21.7 Å². The van der Waals surface area contributed by atoms with Gasteiger partial charge >= 0.3 is 0 Å². The lowest BCUT2D eigenvalue weighted by molar-refractivity contribution is -0.142. The summed E-state index contributed by atoms with van der Waals surface area (Å²) in [5, 5.41) is 0. The fourth-order valence-electron chi connectivity index (χ4n) is 2.90. The molecule has 1 aliphatic carbocycles. The van der Waals surface area contributed by atoms with Crippen LogP contribution in [-0.2, 0) is 9.47 Å². The zero-order valence-corrected chi connectivity index (χ0v) is 13.6. The molecule has 0 unspecified atom stereocenters. The molecule has 0 saturated heterocycles. The molecular formula is C16H33NO2. The Hall–Kier alpha value is -0.120. The Morgan fingerprint density at radius 2 is 1.63 bits per heavy atom. The maximum atomic E-state index is 5.60. The second-order valence-electron chi connectivity index (χ2n) is 6.50. The van der Waals surface area contributed by atoms with Gasteiger partial charge < -0.3 is 14.4 Å². The molecule has 1 aliphatic rings. The van der Waals surface area contributed by atoms with E-state index in [9.17, 15) is 0 Å². The lowest BCUT2D eigenvalue weighted by Crippen LogP contribution is -2.39. The third-order valence-electron chi connectivity index (χ3n) is 4.35. The summed E-state index contributed by atoms with van der Waals surface area (Å²) in [5.74, 6) is 0. The molecule has 0 aromatic carbocycles. The minimum Gasteiger partial charge on any atom is -0.353 e. The summed E-state index contributed by atoms with van der Waals surface area (Å²) in [6, 6.07) is 0.747. The molecule has 3 nitrogen and oxygen atoms in total. The minimum atomic E-state index is -0.0301. The predicted molar refractivity (Wildman–Crippen MR) is 80.3 cm³/mol. The van der Waals surface area contributed by atoms with Crippen molar-refractivity contribution < 1.29 is 9.47 Å². The highest BCUT2D eigenvalue weighted by molar-refractivity contribution is 4.82. The van der Waals surface area contributed by atoms with Crippen LogP contribution in [0.2, 0.25) is 0 Å². The van der Waals surface area contributed by atoms with Crippen molar-refractivity contribution in [2.24, 2.45) is 5.41 Å². The van der Waals surface area contributed by atoms with E-state index in [1.807, 2.05) is 13.8 Å². The second-order valence-corrected chi connectivity index (χ2v) is 6.50. The Labute approximate surface area is 119 Å². The van der Waals surface area contributed by atoms with Crippen molar-refractivity contribution in [1.29, 1.82) is 0 Å². The van der Waals surface area contributed by atoms with Gasteiger partial charge in [-0.15, -0.1) is 0 Å². The van der Waals surface area contributed by atoms with Gasteiger partial charge in [0.1, 0.15) is 0 Å². The van der Waals surface area contributed by atoms with Crippen LogP contribution < -0.4 is 0 Å². The summed E-state index contributed by atoms with van der Waals surface area (Å²) in [6.07, 6.45) is 6.30. The third kappa shape index (κ3) is 6.24. The predicted octanol–water partition coefficient (Wildman–Crippen LogP) is 3.68. The average Bonchev–Trinajstić information content (AvgIpc) is 2.36. The number of rotatable bonds is 8. The molecule has 1 fully saturated rings. The molecule has 0 aromatic rings. The standard InChI is InChI=1S/C16H33NO2/c1-6-18-15(19-7-2)10-13-17(5)14-8-11-16(3,4)12-9-14/h14-15H,6-13H2,1-5H3. The van der Waals surface area contributed by atoms with Crippen molar-refractivity contribution in [2.75, 3.05) is 26.8 Å². The highest BCUT2D eigenvalue weighted by Crippen LogP contribution is 2.36. The van der Waals surface area contributed by atoms with E-state index in [4.69, 9.17) is 9.47 Å². The quantitative estimate of drug-likeness (QED) is 0.629. The Balaban J connectivity index is 2.28. The van der Waals surface area contributed by atoms with Gasteiger partial charge in [-0.1, -0.05) is 13.8 Å². The van der Waals surface area contributed by atoms with E-state index in [2.05, 4.69) is 25.8 Å². The van der Waals surface area contributed by atoms with Crippen LogP contribution in [0.3, 0.4) is 0 Å². The minimum absolute atomic E-state index is 0.0301. The first-order valence-electron chi connectivity index (χ1n) is 7.92. The first-order chi connectivity index (χ1) is 8.98. The smallest absolute Gasteiger partial charge is 0.158 e. The number of nitrogens with zero attached hydrogens (tertiary/aromatic N) is 1. The fraction of sp³-hybridized carbons (Fsp3) is 1.00. The molecule has 0 N–H and O–H groups in total. The molecule has 0 atom stereocenters. The van der Waals surface area contributed by atoms with Crippen LogP contribution in [0.15, 0.2) is 0 Å². The van der Waals surface area contributed by atoms with Gasteiger partial charge in [-0.2, -0.15) is 0 Å². The van der Waals surface area contributed by atoms with Crippen LogP contribution in [-0.4, -0.2) is 44.0 Å². The van der Waals surface area contributed by atoms with E-state index in [0.717, 1.165) is 32.2 Å². The average molecular weight is 271 g/mol. The van der Waals surface area contributed by atoms with E-state index in [-0.39, 0.29) is 6.29 Å². The van der Waals surface area contributed by atoms with Crippen molar-refractivity contribution in [1.82, 2.24) is 4.90 Å². The van der Waals surface area contributed by atoms with Crippen LogP contribution >= 0.6 is 0 Å². The second kappa shape index (κ2) is 8.23. The van der Waals surface area contributed by atoms with E-state index in [0.29, 0.717) is 5.41 Å². The molecule has 0 radical (unpaired) electrons. The molecule has 19 heavy (non-hydrogen) atoms. The van der Waals surface area contributed by atoms with E-state index in [1.165, 1.54) is 25.7 Å². The van der Waals surface area contributed by atoms with Gasteiger partial charge in [-0.05, 0) is 52.0 Å². The van der Waals surface area contributed by atoms with Gasteiger partial charge in [0, 0.05) is 32.2 Å². The zero-order chi connectivity index (χ0) is 14.3. The molecule has 0 aliphatic heterocycles. The summed E-state index contributed by atoms with van der Waals surface area (Å²) in [6.45, 7) is 11.4. The largest absolute Gasteiger partial charge is 0.353 e. The van der Waals surface area contributed by atoms with Gasteiger partial charge in [-0.25, -0.2) is 0 Å². The number of hydrogen-bond acceptors (Lipinski definition) is 3. The fourth-order valence-corrected chi connectivity index (χ4v) is 2.90. The molecule has 3 heteroatoms. The van der Waals surface area contributed by atoms with Crippen LogP contribution in [0.5, 0.6) is 0 Å². The van der Waals surface area contributed by atoms with Gasteiger partial charge in [0.25, 0.3) is 0 Å². The monoisotopic (exact) mass is 271 g/mol. The van der Waals surface area contributed by atoms with Crippen LogP contribution in [0.4, 0.5) is 0 Å². The zero-order valence-electron chi connectivity index (χ0n) is 13.6. The van der Waals surface area contributed by atoms with Crippen LogP contribution in [0, 0.1) is 5.41 Å². The van der Waals surface area contributed by atoms with Crippen molar-refractivity contribution >= 4 is 0 Å². The Bertz CT molecular complexity index is 227. The summed E-state index contributed by atoms with van der Waals surface area (Å²) in [5.41, 5.74) is 0.552. The number of hydrogen-bond donors (Lipinski definition) is 0. The van der Waals surface area contributed by atoms with Crippen molar-refractivity contribution in [3.05, 3.63) is 0 Å². The Kier molecular flexibility index (Phi) is 7.33. The summed E-state index contributed by atoms with van der Waals surface area (Å²) in [7, 11) is 2.25. The number of ether oxygens (including phenoxy) is 2. The van der Waals surface area contributed by atoms with Crippen LogP contribution in [0.1, 0.15) is 59.8 Å². The van der Waals surface area contributed by atoms with Gasteiger partial charge in [0.2, 0.25) is 0 Å². The molecule has 0 heterocycles. The third-order valence-corrected chi connectivity index (χ3v) is 4.35. The SMILES string of the molecule is CCOC(CCN(C)C1CCC(C)(C)CC1)OCC. The van der Waals surface area contributed by atoms with E-state index in [1.54, 1.807) is 0 Å². The highest BCUT2D eigenvalue weighted by atomic mass is 16.7. The molecular weight excluding hydrogens is 238 g/mol.